The van der Waals surface area contributed by atoms with E-state index in [1.165, 1.54) is 13.2 Å². The van der Waals surface area contributed by atoms with Crippen molar-refractivity contribution >= 4 is 6.03 Å². The number of alkyl halides is 3. The highest BCUT2D eigenvalue weighted by Gasteiger charge is 2.31. The molecule has 0 aromatic heterocycles. The summed E-state index contributed by atoms with van der Waals surface area (Å²) < 4.78 is 45.5. The van der Waals surface area contributed by atoms with Gasteiger partial charge in [-0.05, 0) is 46.5 Å². The highest BCUT2D eigenvalue weighted by Crippen LogP contribution is 2.37. The third-order valence-electron chi connectivity index (χ3n) is 5.14. The van der Waals surface area contributed by atoms with Crippen LogP contribution in [0.5, 0.6) is 5.75 Å². The Morgan fingerprint density at radius 3 is 2.26 bits per heavy atom. The molecule has 0 aliphatic rings. The monoisotopic (exact) mass is 474 g/mol. The molecule has 9 heteroatoms. The van der Waals surface area contributed by atoms with Crippen LogP contribution in [0.25, 0.3) is 11.1 Å². The number of rotatable bonds is 8. The van der Waals surface area contributed by atoms with Crippen LogP contribution in [0.1, 0.15) is 22.3 Å². The number of methoxy groups -OCH3 is 1. The van der Waals surface area contributed by atoms with E-state index in [9.17, 15) is 28.2 Å². The number of carbonyl (C=O) groups excluding carboxylic acids is 1. The van der Waals surface area contributed by atoms with E-state index in [1.54, 1.807) is 18.2 Å². The van der Waals surface area contributed by atoms with Crippen molar-refractivity contribution < 1.29 is 32.9 Å². The maximum atomic E-state index is 13.4. The summed E-state index contributed by atoms with van der Waals surface area (Å²) in [6.07, 6.45) is -6.20. The van der Waals surface area contributed by atoms with Crippen LogP contribution in [0.2, 0.25) is 0 Å². The number of nitrogens with one attached hydrogen (secondary N) is 2. The zero-order valence-electron chi connectivity index (χ0n) is 18.4. The number of ether oxygens (including phenoxy) is 1. The first-order valence-electron chi connectivity index (χ1n) is 10.5. The number of halogens is 3. The fourth-order valence-electron chi connectivity index (χ4n) is 3.50. The molecule has 4 N–H and O–H groups in total. The summed E-state index contributed by atoms with van der Waals surface area (Å²) in [4.78, 5) is 12.3. The molecule has 0 spiro atoms. The van der Waals surface area contributed by atoms with Gasteiger partial charge < -0.3 is 25.6 Å². The van der Waals surface area contributed by atoms with E-state index in [-0.39, 0.29) is 25.1 Å². The van der Waals surface area contributed by atoms with Gasteiger partial charge in [0, 0.05) is 25.1 Å². The van der Waals surface area contributed by atoms with E-state index in [4.69, 9.17) is 4.74 Å². The molecule has 3 aromatic carbocycles. The second-order valence-corrected chi connectivity index (χ2v) is 7.61. The standard InChI is InChI=1S/C25H25F3N2O4/c1-34-22-10-7-17(12-23(31)32)11-21(22)20-9-8-19(25(26,27)28)13-18(20)15-30-24(33)29-14-16-5-3-2-4-6-16/h2-11,13,23,31-32H,12,14-15H2,1H3,(H2,29,30,33). The second-order valence-electron chi connectivity index (χ2n) is 7.61. The number of carbonyl (C=O) groups is 1. The highest BCUT2D eigenvalue weighted by atomic mass is 19.4. The summed E-state index contributed by atoms with van der Waals surface area (Å²) >= 11 is 0. The highest BCUT2D eigenvalue weighted by molar-refractivity contribution is 5.77. The van der Waals surface area contributed by atoms with Crippen molar-refractivity contribution in [2.24, 2.45) is 0 Å². The van der Waals surface area contributed by atoms with Crippen LogP contribution in [-0.2, 0) is 25.7 Å². The van der Waals surface area contributed by atoms with Crippen LogP contribution in [0.4, 0.5) is 18.0 Å². The van der Waals surface area contributed by atoms with Crippen molar-refractivity contribution in [1.29, 1.82) is 0 Å². The molecule has 0 radical (unpaired) electrons. The van der Waals surface area contributed by atoms with Crippen molar-refractivity contribution in [3.63, 3.8) is 0 Å². The maximum Gasteiger partial charge on any atom is 0.416 e. The van der Waals surface area contributed by atoms with E-state index in [0.717, 1.165) is 17.7 Å². The molecule has 0 aliphatic carbocycles. The van der Waals surface area contributed by atoms with Gasteiger partial charge in [0.25, 0.3) is 0 Å². The average molecular weight is 474 g/mol. The average Bonchev–Trinajstić information content (AvgIpc) is 2.81. The summed E-state index contributed by atoms with van der Waals surface area (Å²) in [5.41, 5.74) is 1.71. The molecule has 0 atom stereocenters. The molecule has 0 heterocycles. The Hall–Kier alpha value is -3.56. The molecular formula is C25H25F3N2O4. The minimum atomic E-state index is -4.56. The molecule has 2 amide bonds. The van der Waals surface area contributed by atoms with E-state index in [2.05, 4.69) is 10.6 Å². The van der Waals surface area contributed by atoms with E-state index in [0.29, 0.717) is 22.4 Å². The quantitative estimate of drug-likeness (QED) is 0.368. The van der Waals surface area contributed by atoms with Gasteiger partial charge >= 0.3 is 12.2 Å². The Labute approximate surface area is 195 Å². The summed E-state index contributed by atoms with van der Waals surface area (Å²) in [5, 5.41) is 23.9. The molecular weight excluding hydrogens is 449 g/mol. The third-order valence-corrected chi connectivity index (χ3v) is 5.14. The molecule has 180 valence electrons. The van der Waals surface area contributed by atoms with Gasteiger partial charge in [-0.3, -0.25) is 0 Å². The molecule has 0 saturated carbocycles. The molecule has 0 saturated heterocycles. The lowest BCUT2D eigenvalue weighted by atomic mass is 9.94. The Bertz CT molecular complexity index is 1120. The van der Waals surface area contributed by atoms with Crippen LogP contribution < -0.4 is 15.4 Å². The molecule has 3 rings (SSSR count). The van der Waals surface area contributed by atoms with Crippen molar-refractivity contribution in [2.45, 2.75) is 32.0 Å². The van der Waals surface area contributed by atoms with Gasteiger partial charge in [-0.1, -0.05) is 42.5 Å². The van der Waals surface area contributed by atoms with Crippen LogP contribution >= 0.6 is 0 Å². The number of aliphatic hydroxyl groups excluding tert-OH is 1. The van der Waals surface area contributed by atoms with Crippen LogP contribution in [0.3, 0.4) is 0 Å². The number of hydrogen-bond acceptors (Lipinski definition) is 4. The SMILES string of the molecule is COc1ccc(CC(O)O)cc1-c1ccc(C(F)(F)F)cc1CNC(=O)NCc1ccccc1. The van der Waals surface area contributed by atoms with Crippen LogP contribution in [-0.4, -0.2) is 29.6 Å². The largest absolute Gasteiger partial charge is 0.496 e. The van der Waals surface area contributed by atoms with Gasteiger partial charge in [-0.25, -0.2) is 4.79 Å². The van der Waals surface area contributed by atoms with Gasteiger partial charge in [0.15, 0.2) is 6.29 Å². The molecule has 0 aliphatic heterocycles. The number of hydrogen-bond donors (Lipinski definition) is 4. The van der Waals surface area contributed by atoms with Gasteiger partial charge in [0.1, 0.15) is 5.75 Å². The summed E-state index contributed by atoms with van der Waals surface area (Å²) in [6.45, 7) is 0.0946. The Morgan fingerprint density at radius 1 is 0.912 bits per heavy atom. The normalized spacial score (nSPS) is 11.4. The first-order valence-corrected chi connectivity index (χ1v) is 10.5. The lowest BCUT2D eigenvalue weighted by Crippen LogP contribution is -2.34. The lowest BCUT2D eigenvalue weighted by Gasteiger charge is -2.18. The van der Waals surface area contributed by atoms with Crippen LogP contribution in [0, 0.1) is 0 Å². The molecule has 0 bridgehead atoms. The molecule has 0 unspecified atom stereocenters. The maximum absolute atomic E-state index is 13.4. The van der Waals surface area contributed by atoms with Crippen LogP contribution in [0.15, 0.2) is 66.7 Å². The zero-order chi connectivity index (χ0) is 24.7. The first-order chi connectivity index (χ1) is 16.2. The van der Waals surface area contributed by atoms with Crippen molar-refractivity contribution in [3.8, 4) is 16.9 Å². The third kappa shape index (κ3) is 6.72. The zero-order valence-corrected chi connectivity index (χ0v) is 18.4. The van der Waals surface area contributed by atoms with Gasteiger partial charge in [0.05, 0.1) is 12.7 Å². The number of amides is 2. The first kappa shape index (κ1) is 25.1. The summed E-state index contributed by atoms with van der Waals surface area (Å²) in [5.74, 6) is 0.394. The second kappa shape index (κ2) is 11.0. The molecule has 3 aromatic rings. The van der Waals surface area contributed by atoms with Gasteiger partial charge in [-0.15, -0.1) is 0 Å². The Morgan fingerprint density at radius 2 is 1.62 bits per heavy atom. The molecule has 0 fully saturated rings. The van der Waals surface area contributed by atoms with Crippen molar-refractivity contribution in [1.82, 2.24) is 10.6 Å². The molecule has 34 heavy (non-hydrogen) atoms. The predicted molar refractivity (Wildman–Crippen MR) is 121 cm³/mol. The van der Waals surface area contributed by atoms with Crippen molar-refractivity contribution in [2.75, 3.05) is 7.11 Å². The number of benzene rings is 3. The number of aliphatic hydroxyl groups is 2. The minimum Gasteiger partial charge on any atom is -0.496 e. The Balaban J connectivity index is 1.89. The van der Waals surface area contributed by atoms with Crippen molar-refractivity contribution in [3.05, 3.63) is 89.0 Å². The predicted octanol–water partition coefficient (Wildman–Crippen LogP) is 4.23. The number of urea groups is 1. The lowest BCUT2D eigenvalue weighted by molar-refractivity contribution is -0.137. The molecule has 6 nitrogen and oxygen atoms in total. The minimum absolute atomic E-state index is 0.0624. The summed E-state index contributed by atoms with van der Waals surface area (Å²) in [6, 6.07) is 16.8. The Kier molecular flexibility index (Phi) is 8.14. The van der Waals surface area contributed by atoms with E-state index < -0.39 is 24.1 Å². The fraction of sp³-hybridized carbons (Fsp3) is 0.240. The van der Waals surface area contributed by atoms with E-state index >= 15 is 0 Å². The van der Waals surface area contributed by atoms with E-state index in [1.807, 2.05) is 30.3 Å². The topological polar surface area (TPSA) is 90.8 Å². The van der Waals surface area contributed by atoms with Gasteiger partial charge in [-0.2, -0.15) is 13.2 Å². The summed E-state index contributed by atoms with van der Waals surface area (Å²) in [7, 11) is 1.43. The van der Waals surface area contributed by atoms with Gasteiger partial charge in [0.2, 0.25) is 0 Å². The fourth-order valence-corrected chi connectivity index (χ4v) is 3.50. The smallest absolute Gasteiger partial charge is 0.416 e.